The quantitative estimate of drug-likeness (QED) is 0.446. The number of benzene rings is 1. The molecule has 0 radical (unpaired) electrons. The van der Waals surface area contributed by atoms with Crippen LogP contribution in [-0.4, -0.2) is 30.0 Å². The zero-order valence-corrected chi connectivity index (χ0v) is 17.0. The topological polar surface area (TPSA) is 115 Å². The van der Waals surface area contributed by atoms with Crippen LogP contribution in [0.5, 0.6) is 0 Å². The molecule has 3 rings (SSSR count). The van der Waals surface area contributed by atoms with E-state index in [4.69, 9.17) is 5.14 Å². The minimum Gasteiger partial charge on any atom is -0.352 e. The molecule has 0 aliphatic carbocycles. The standard InChI is InChI=1S/C17H18N4O3S3/c1-11-8-14-16(20-10-21-17(14)26-11)25-7-6-15(22)19-9-12-2-4-13(5-3-12)27(18,23)24/h2-5,8,10H,6-7,9H2,1H3,(H,19,22)(H2,18,23,24). The smallest absolute Gasteiger partial charge is 0.238 e. The number of hydrogen-bond acceptors (Lipinski definition) is 7. The Morgan fingerprint density at radius 3 is 2.70 bits per heavy atom. The SMILES string of the molecule is Cc1cc2c(SCCC(=O)NCc3ccc(S(N)(=O)=O)cc3)ncnc2s1. The molecule has 7 nitrogen and oxygen atoms in total. The van der Waals surface area contributed by atoms with Crippen molar-refractivity contribution in [3.63, 3.8) is 0 Å². The summed E-state index contributed by atoms with van der Waals surface area (Å²) < 4.78 is 22.5. The summed E-state index contributed by atoms with van der Waals surface area (Å²) in [5, 5.41) is 9.79. The molecular weight excluding hydrogens is 404 g/mol. The van der Waals surface area contributed by atoms with Crippen molar-refractivity contribution in [3.05, 3.63) is 47.1 Å². The first-order valence-electron chi connectivity index (χ1n) is 8.05. The van der Waals surface area contributed by atoms with Gasteiger partial charge < -0.3 is 5.32 Å². The van der Waals surface area contributed by atoms with Crippen LogP contribution in [-0.2, 0) is 21.4 Å². The Hall–Kier alpha value is -2.01. The first-order valence-corrected chi connectivity index (χ1v) is 11.4. The monoisotopic (exact) mass is 422 g/mol. The Balaban J connectivity index is 1.48. The largest absolute Gasteiger partial charge is 0.352 e. The number of hydrogen-bond donors (Lipinski definition) is 2. The average molecular weight is 423 g/mol. The number of rotatable bonds is 7. The van der Waals surface area contributed by atoms with Gasteiger partial charge >= 0.3 is 0 Å². The number of aryl methyl sites for hydroxylation is 1. The second kappa shape index (κ2) is 8.34. The number of carbonyl (C=O) groups excluding carboxylic acids is 1. The van der Waals surface area contributed by atoms with E-state index in [0.717, 1.165) is 20.8 Å². The van der Waals surface area contributed by atoms with Gasteiger partial charge in [-0.15, -0.1) is 23.1 Å². The van der Waals surface area contributed by atoms with E-state index < -0.39 is 10.0 Å². The van der Waals surface area contributed by atoms with Gasteiger partial charge in [-0.05, 0) is 30.7 Å². The molecule has 3 aromatic rings. The molecule has 0 spiro atoms. The van der Waals surface area contributed by atoms with E-state index >= 15 is 0 Å². The molecule has 2 aromatic heterocycles. The fourth-order valence-corrected chi connectivity index (χ4v) is 4.74. The lowest BCUT2D eigenvalue weighted by Gasteiger charge is -2.06. The molecular formula is C17H18N4O3S3. The van der Waals surface area contributed by atoms with Crippen LogP contribution in [0, 0.1) is 6.92 Å². The van der Waals surface area contributed by atoms with Crippen molar-refractivity contribution >= 4 is 49.2 Å². The van der Waals surface area contributed by atoms with Gasteiger partial charge in [0.05, 0.1) is 4.90 Å². The second-order valence-electron chi connectivity index (χ2n) is 5.82. The molecule has 0 aliphatic rings. The number of thiophene rings is 1. The molecule has 27 heavy (non-hydrogen) atoms. The number of nitrogens with one attached hydrogen (secondary N) is 1. The van der Waals surface area contributed by atoms with Gasteiger partial charge in [0.2, 0.25) is 15.9 Å². The van der Waals surface area contributed by atoms with Crippen molar-refractivity contribution in [2.75, 3.05) is 5.75 Å². The van der Waals surface area contributed by atoms with Crippen molar-refractivity contribution < 1.29 is 13.2 Å². The van der Waals surface area contributed by atoms with Gasteiger partial charge in [0.15, 0.2) is 0 Å². The van der Waals surface area contributed by atoms with Gasteiger partial charge in [-0.1, -0.05) is 12.1 Å². The van der Waals surface area contributed by atoms with E-state index in [1.165, 1.54) is 28.8 Å². The van der Waals surface area contributed by atoms with Crippen LogP contribution >= 0.6 is 23.1 Å². The lowest BCUT2D eigenvalue weighted by atomic mass is 10.2. The lowest BCUT2D eigenvalue weighted by Crippen LogP contribution is -2.23. The Kier molecular flexibility index (Phi) is 6.10. The summed E-state index contributed by atoms with van der Waals surface area (Å²) >= 11 is 3.16. The highest BCUT2D eigenvalue weighted by Crippen LogP contribution is 2.30. The first kappa shape index (κ1) is 19.7. The summed E-state index contributed by atoms with van der Waals surface area (Å²) in [4.78, 5) is 22.8. The number of carbonyl (C=O) groups is 1. The maximum absolute atomic E-state index is 12.0. The normalized spacial score (nSPS) is 11.6. The lowest BCUT2D eigenvalue weighted by molar-refractivity contribution is -0.120. The molecule has 3 N–H and O–H groups in total. The fourth-order valence-electron chi connectivity index (χ4n) is 2.40. The highest BCUT2D eigenvalue weighted by molar-refractivity contribution is 7.99. The van der Waals surface area contributed by atoms with Crippen LogP contribution in [0.25, 0.3) is 10.2 Å². The Labute approximate surface area is 165 Å². The third-order valence-corrected chi connectivity index (χ3v) is 6.62. The zero-order chi connectivity index (χ0) is 19.4. The third-order valence-electron chi connectivity index (χ3n) is 3.73. The molecule has 2 heterocycles. The van der Waals surface area contributed by atoms with Crippen molar-refractivity contribution in [2.24, 2.45) is 5.14 Å². The van der Waals surface area contributed by atoms with Crippen molar-refractivity contribution in [2.45, 2.75) is 29.8 Å². The van der Waals surface area contributed by atoms with Crippen molar-refractivity contribution in [3.8, 4) is 0 Å². The molecule has 0 fully saturated rings. The minimum absolute atomic E-state index is 0.0498. The summed E-state index contributed by atoms with van der Waals surface area (Å²) in [7, 11) is -3.70. The molecule has 10 heteroatoms. The number of nitrogens with zero attached hydrogens (tertiary/aromatic N) is 2. The number of aromatic nitrogens is 2. The summed E-state index contributed by atoms with van der Waals surface area (Å²) in [6.07, 6.45) is 1.90. The zero-order valence-electron chi connectivity index (χ0n) is 14.5. The summed E-state index contributed by atoms with van der Waals surface area (Å²) in [5.74, 6) is 0.529. The van der Waals surface area contributed by atoms with Gasteiger partial charge in [-0.3, -0.25) is 4.79 Å². The predicted molar refractivity (Wildman–Crippen MR) is 107 cm³/mol. The molecule has 0 saturated carbocycles. The van der Waals surface area contributed by atoms with E-state index in [1.807, 2.05) is 6.92 Å². The van der Waals surface area contributed by atoms with E-state index in [9.17, 15) is 13.2 Å². The number of amides is 1. The van der Waals surface area contributed by atoms with Gasteiger partial charge in [0, 0.05) is 29.0 Å². The van der Waals surface area contributed by atoms with Gasteiger partial charge in [0.1, 0.15) is 16.2 Å². The van der Waals surface area contributed by atoms with Crippen LogP contribution in [0.15, 0.2) is 46.6 Å². The maximum Gasteiger partial charge on any atom is 0.238 e. The first-order chi connectivity index (χ1) is 12.8. The second-order valence-corrected chi connectivity index (χ2v) is 9.70. The molecule has 0 saturated heterocycles. The van der Waals surface area contributed by atoms with E-state index in [0.29, 0.717) is 18.7 Å². The number of primary sulfonamides is 1. The molecule has 1 amide bonds. The van der Waals surface area contributed by atoms with Gasteiger partial charge in [-0.2, -0.15) is 0 Å². The van der Waals surface area contributed by atoms with E-state index in [2.05, 4.69) is 21.4 Å². The molecule has 1 aromatic carbocycles. The van der Waals surface area contributed by atoms with Crippen LogP contribution in [0.3, 0.4) is 0 Å². The number of thioether (sulfide) groups is 1. The van der Waals surface area contributed by atoms with Gasteiger partial charge in [-0.25, -0.2) is 23.5 Å². The molecule has 0 atom stereocenters. The molecule has 142 valence electrons. The third kappa shape index (κ3) is 5.25. The van der Waals surface area contributed by atoms with E-state index in [1.54, 1.807) is 29.8 Å². The summed E-state index contributed by atoms with van der Waals surface area (Å²) in [6, 6.07) is 8.18. The molecule has 0 bridgehead atoms. The van der Waals surface area contributed by atoms with E-state index in [-0.39, 0.29) is 10.8 Å². The minimum atomic E-state index is -3.70. The van der Waals surface area contributed by atoms with Crippen LogP contribution in [0.1, 0.15) is 16.9 Å². The van der Waals surface area contributed by atoms with Gasteiger partial charge in [0.25, 0.3) is 0 Å². The average Bonchev–Trinajstić information content (AvgIpc) is 3.01. The van der Waals surface area contributed by atoms with Crippen LogP contribution < -0.4 is 10.5 Å². The molecule has 0 unspecified atom stereocenters. The highest BCUT2D eigenvalue weighted by Gasteiger charge is 2.10. The predicted octanol–water partition coefficient (Wildman–Crippen LogP) is 2.45. The highest BCUT2D eigenvalue weighted by atomic mass is 32.2. The van der Waals surface area contributed by atoms with Crippen LogP contribution in [0.4, 0.5) is 0 Å². The Morgan fingerprint density at radius 2 is 2.00 bits per heavy atom. The number of nitrogens with two attached hydrogens (primary N) is 1. The number of sulfonamides is 1. The Morgan fingerprint density at radius 1 is 1.26 bits per heavy atom. The maximum atomic E-state index is 12.0. The van der Waals surface area contributed by atoms with Crippen molar-refractivity contribution in [1.82, 2.24) is 15.3 Å². The summed E-state index contributed by atoms with van der Waals surface area (Å²) in [5.41, 5.74) is 0.801. The summed E-state index contributed by atoms with van der Waals surface area (Å²) in [6.45, 7) is 2.36. The van der Waals surface area contributed by atoms with Crippen LogP contribution in [0.2, 0.25) is 0 Å². The molecule has 0 aliphatic heterocycles. The Bertz CT molecular complexity index is 1060. The van der Waals surface area contributed by atoms with Crippen molar-refractivity contribution in [1.29, 1.82) is 0 Å². The number of fused-ring (bicyclic) bond motifs is 1. The fraction of sp³-hybridized carbons (Fsp3) is 0.235.